The van der Waals surface area contributed by atoms with Crippen LogP contribution >= 0.6 is 11.6 Å². The molecular formula is C16H21ClN8O. The van der Waals surface area contributed by atoms with Gasteiger partial charge < -0.3 is 25.2 Å². The maximum absolute atomic E-state index is 5.99. The van der Waals surface area contributed by atoms with Crippen molar-refractivity contribution in [3.8, 4) is 0 Å². The Labute approximate surface area is 156 Å². The molecule has 4 heterocycles. The molecule has 2 fully saturated rings. The number of aromatic nitrogens is 4. The molecule has 0 saturated carbocycles. The number of halogens is 1. The van der Waals surface area contributed by atoms with Crippen LogP contribution in [-0.4, -0.2) is 72.4 Å². The van der Waals surface area contributed by atoms with E-state index in [9.17, 15) is 0 Å². The molecule has 0 amide bonds. The molecule has 0 bridgehead atoms. The van der Waals surface area contributed by atoms with Gasteiger partial charge in [-0.1, -0.05) is 11.6 Å². The van der Waals surface area contributed by atoms with Crippen molar-refractivity contribution in [1.82, 2.24) is 19.9 Å². The number of rotatable bonds is 3. The lowest BCUT2D eigenvalue weighted by atomic mass is 10.3. The molecule has 2 saturated heterocycles. The Balaban J connectivity index is 1.43. The van der Waals surface area contributed by atoms with Crippen molar-refractivity contribution in [2.75, 3.05) is 72.9 Å². The highest BCUT2D eigenvalue weighted by Gasteiger charge is 2.21. The Bertz CT molecular complexity index is 741. The maximum Gasteiger partial charge on any atom is 0.223 e. The number of morpholine rings is 1. The Morgan fingerprint density at radius 1 is 0.808 bits per heavy atom. The summed E-state index contributed by atoms with van der Waals surface area (Å²) in [6.07, 6.45) is 1.64. The zero-order valence-corrected chi connectivity index (χ0v) is 15.1. The average Bonchev–Trinajstić information content (AvgIpc) is 2.68. The number of nitrogens with zero attached hydrogens (tertiary/aromatic N) is 7. The first-order valence-corrected chi connectivity index (χ1v) is 9.01. The third-order valence-corrected chi connectivity index (χ3v) is 4.79. The van der Waals surface area contributed by atoms with Crippen LogP contribution in [0.5, 0.6) is 0 Å². The highest BCUT2D eigenvalue weighted by atomic mass is 35.5. The number of hydrogen-bond acceptors (Lipinski definition) is 9. The normalized spacial score (nSPS) is 18.3. The van der Waals surface area contributed by atoms with Crippen LogP contribution in [0.4, 0.5) is 23.4 Å². The first kappa shape index (κ1) is 17.0. The van der Waals surface area contributed by atoms with Gasteiger partial charge in [0.15, 0.2) is 0 Å². The second-order valence-electron chi connectivity index (χ2n) is 6.21. The van der Waals surface area contributed by atoms with Crippen molar-refractivity contribution < 1.29 is 4.74 Å². The van der Waals surface area contributed by atoms with Gasteiger partial charge in [-0.2, -0.15) is 4.98 Å². The molecule has 0 radical (unpaired) electrons. The van der Waals surface area contributed by atoms with E-state index >= 15 is 0 Å². The van der Waals surface area contributed by atoms with E-state index in [4.69, 9.17) is 22.1 Å². The van der Waals surface area contributed by atoms with E-state index in [-0.39, 0.29) is 5.95 Å². The predicted molar refractivity (Wildman–Crippen MR) is 101 cm³/mol. The molecular weight excluding hydrogens is 356 g/mol. The minimum absolute atomic E-state index is 0.195. The summed E-state index contributed by atoms with van der Waals surface area (Å²) in [5.74, 6) is 2.86. The second kappa shape index (κ2) is 7.46. The SMILES string of the molecule is Nc1nc(Cl)cc(N2CCN(c3cc(N4CCOCC4)ncn3)CC2)n1. The van der Waals surface area contributed by atoms with Crippen molar-refractivity contribution in [2.45, 2.75) is 0 Å². The van der Waals surface area contributed by atoms with Gasteiger partial charge in [0.2, 0.25) is 5.95 Å². The third kappa shape index (κ3) is 3.73. The molecule has 2 N–H and O–H groups in total. The summed E-state index contributed by atoms with van der Waals surface area (Å²) >= 11 is 5.99. The standard InChI is InChI=1S/C16H21ClN8O/c17-12-9-15(22-16(18)21-12)24-3-1-23(2-4-24)13-10-14(20-11-19-13)25-5-7-26-8-6-25/h9-11H,1-8H2,(H2,18,21,22). The molecule has 9 nitrogen and oxygen atoms in total. The lowest BCUT2D eigenvalue weighted by molar-refractivity contribution is 0.122. The van der Waals surface area contributed by atoms with Crippen LogP contribution in [0.15, 0.2) is 18.5 Å². The number of nitrogen functional groups attached to an aromatic ring is 1. The highest BCUT2D eigenvalue weighted by molar-refractivity contribution is 6.29. The molecule has 0 aromatic carbocycles. The summed E-state index contributed by atoms with van der Waals surface area (Å²) in [5.41, 5.74) is 5.70. The summed E-state index contributed by atoms with van der Waals surface area (Å²) < 4.78 is 5.41. The summed E-state index contributed by atoms with van der Waals surface area (Å²) in [4.78, 5) is 23.7. The average molecular weight is 377 g/mol. The number of piperazine rings is 1. The van der Waals surface area contributed by atoms with E-state index < -0.39 is 0 Å². The van der Waals surface area contributed by atoms with Gasteiger partial charge in [0.05, 0.1) is 13.2 Å². The van der Waals surface area contributed by atoms with Crippen molar-refractivity contribution in [3.05, 3.63) is 23.6 Å². The molecule has 2 aliphatic heterocycles. The largest absolute Gasteiger partial charge is 0.378 e. The van der Waals surface area contributed by atoms with Crippen molar-refractivity contribution in [2.24, 2.45) is 0 Å². The molecule has 2 aromatic rings. The molecule has 0 atom stereocenters. The third-order valence-electron chi connectivity index (χ3n) is 4.60. The fourth-order valence-corrected chi connectivity index (χ4v) is 3.41. The molecule has 0 spiro atoms. The minimum atomic E-state index is 0.195. The zero-order chi connectivity index (χ0) is 17.9. The molecule has 2 aromatic heterocycles. The Kier molecular flexibility index (Phi) is 4.89. The smallest absolute Gasteiger partial charge is 0.223 e. The monoisotopic (exact) mass is 376 g/mol. The Morgan fingerprint density at radius 2 is 1.38 bits per heavy atom. The van der Waals surface area contributed by atoms with E-state index in [0.29, 0.717) is 5.15 Å². The summed E-state index contributed by atoms with van der Waals surface area (Å²) in [5, 5.41) is 0.362. The van der Waals surface area contributed by atoms with E-state index in [1.807, 2.05) is 0 Å². The van der Waals surface area contributed by atoms with Crippen molar-refractivity contribution >= 4 is 35.0 Å². The first-order chi connectivity index (χ1) is 12.7. The minimum Gasteiger partial charge on any atom is -0.378 e. The summed E-state index contributed by atoms with van der Waals surface area (Å²) in [6.45, 7) is 6.49. The van der Waals surface area contributed by atoms with Gasteiger partial charge in [0, 0.05) is 51.4 Å². The summed E-state index contributed by atoms with van der Waals surface area (Å²) in [7, 11) is 0. The van der Waals surface area contributed by atoms with Gasteiger partial charge in [-0.3, -0.25) is 0 Å². The predicted octanol–water partition coefficient (Wildman–Crippen LogP) is 0.665. The van der Waals surface area contributed by atoms with Crippen LogP contribution in [0.2, 0.25) is 5.15 Å². The molecule has 4 rings (SSSR count). The quantitative estimate of drug-likeness (QED) is 0.775. The van der Waals surface area contributed by atoms with Crippen LogP contribution in [0.1, 0.15) is 0 Å². The first-order valence-electron chi connectivity index (χ1n) is 8.64. The summed E-state index contributed by atoms with van der Waals surface area (Å²) in [6, 6.07) is 3.80. The topological polar surface area (TPSA) is 96.5 Å². The van der Waals surface area contributed by atoms with Crippen LogP contribution in [0.25, 0.3) is 0 Å². The van der Waals surface area contributed by atoms with Crippen LogP contribution in [0.3, 0.4) is 0 Å². The highest BCUT2D eigenvalue weighted by Crippen LogP contribution is 2.22. The fourth-order valence-electron chi connectivity index (χ4n) is 3.23. The van der Waals surface area contributed by atoms with E-state index in [1.54, 1.807) is 12.4 Å². The van der Waals surface area contributed by atoms with Crippen molar-refractivity contribution in [3.63, 3.8) is 0 Å². The van der Waals surface area contributed by atoms with E-state index in [0.717, 1.165) is 69.9 Å². The van der Waals surface area contributed by atoms with Gasteiger partial charge >= 0.3 is 0 Å². The molecule has 138 valence electrons. The number of hydrogen-bond donors (Lipinski definition) is 1. The van der Waals surface area contributed by atoms with Gasteiger partial charge in [-0.25, -0.2) is 15.0 Å². The molecule has 0 unspecified atom stereocenters. The number of anilines is 4. The molecule has 26 heavy (non-hydrogen) atoms. The van der Waals surface area contributed by atoms with Gasteiger partial charge in [0.1, 0.15) is 28.9 Å². The molecule has 10 heteroatoms. The Hall–Kier alpha value is -2.39. The van der Waals surface area contributed by atoms with Gasteiger partial charge in [-0.05, 0) is 0 Å². The van der Waals surface area contributed by atoms with Crippen LogP contribution < -0.4 is 20.4 Å². The number of ether oxygens (including phenoxy) is 1. The lowest BCUT2D eigenvalue weighted by Crippen LogP contribution is -2.47. The number of nitrogens with two attached hydrogens (primary N) is 1. The van der Waals surface area contributed by atoms with Crippen LogP contribution in [0, 0.1) is 0 Å². The second-order valence-corrected chi connectivity index (χ2v) is 6.60. The van der Waals surface area contributed by atoms with E-state index in [2.05, 4.69) is 40.7 Å². The fraction of sp³-hybridized carbons (Fsp3) is 0.500. The van der Waals surface area contributed by atoms with Crippen molar-refractivity contribution in [1.29, 1.82) is 0 Å². The molecule has 0 aliphatic carbocycles. The lowest BCUT2D eigenvalue weighted by Gasteiger charge is -2.36. The van der Waals surface area contributed by atoms with Gasteiger partial charge in [0.25, 0.3) is 0 Å². The van der Waals surface area contributed by atoms with Gasteiger partial charge in [-0.15, -0.1) is 0 Å². The maximum atomic E-state index is 5.99. The van der Waals surface area contributed by atoms with Crippen LogP contribution in [-0.2, 0) is 4.74 Å². The van der Waals surface area contributed by atoms with E-state index in [1.165, 1.54) is 0 Å². The molecule has 2 aliphatic rings. The Morgan fingerprint density at radius 3 is 2.00 bits per heavy atom. The zero-order valence-electron chi connectivity index (χ0n) is 14.4.